The Morgan fingerprint density at radius 3 is 2.38 bits per heavy atom. The molecule has 1 N–H and O–H groups in total. The van der Waals surface area contributed by atoms with E-state index in [1.807, 2.05) is 18.2 Å². The second kappa shape index (κ2) is 6.48. The number of hydrogen-bond acceptors (Lipinski definition) is 1. The van der Waals surface area contributed by atoms with Crippen LogP contribution in [0.15, 0.2) is 42.5 Å². The van der Waals surface area contributed by atoms with E-state index in [2.05, 4.69) is 19.2 Å². The first-order valence-electron chi connectivity index (χ1n) is 6.87. The Kier molecular flexibility index (Phi) is 4.68. The number of amides is 1. The zero-order chi connectivity index (χ0) is 15.4. The number of carbonyl (C=O) groups is 1. The van der Waals surface area contributed by atoms with Crippen LogP contribution in [0.25, 0.3) is 0 Å². The number of nitrogens with one attached hydrogen (secondary N) is 1. The molecular weight excluding hydrogens is 272 g/mol. The maximum absolute atomic E-state index is 13.2. The smallest absolute Gasteiger partial charge is 0.255 e. The molecule has 0 aromatic heterocycles. The molecule has 2 aromatic carbocycles. The first kappa shape index (κ1) is 15.2. The van der Waals surface area contributed by atoms with Crippen molar-refractivity contribution >= 4 is 11.6 Å². The van der Waals surface area contributed by atoms with Gasteiger partial charge in [-0.2, -0.15) is 0 Å². The summed E-state index contributed by atoms with van der Waals surface area (Å²) >= 11 is 0. The van der Waals surface area contributed by atoms with E-state index in [0.717, 1.165) is 30.2 Å². The number of rotatable bonds is 4. The predicted octanol–water partition coefficient (Wildman–Crippen LogP) is 4.73. The average Bonchev–Trinajstić information content (AvgIpc) is 2.46. The van der Waals surface area contributed by atoms with Crippen molar-refractivity contribution in [1.29, 1.82) is 0 Å². The van der Waals surface area contributed by atoms with E-state index in [1.54, 1.807) is 6.07 Å². The molecule has 1 amide bonds. The fraction of sp³-hybridized carbons (Fsp3) is 0.235. The maximum atomic E-state index is 13.2. The zero-order valence-corrected chi connectivity index (χ0v) is 12.0. The van der Waals surface area contributed by atoms with Crippen molar-refractivity contribution in [1.82, 2.24) is 0 Å². The number of carbonyl (C=O) groups excluding carboxylic acids is 1. The molecule has 2 rings (SSSR count). The Bertz CT molecular complexity index is 635. The van der Waals surface area contributed by atoms with Crippen LogP contribution >= 0.6 is 0 Å². The molecule has 0 heterocycles. The van der Waals surface area contributed by atoms with Crippen LogP contribution < -0.4 is 5.32 Å². The molecule has 0 aliphatic rings. The van der Waals surface area contributed by atoms with Crippen LogP contribution in [0.2, 0.25) is 0 Å². The highest BCUT2D eigenvalue weighted by molar-refractivity contribution is 6.04. The van der Waals surface area contributed by atoms with Gasteiger partial charge in [0.2, 0.25) is 0 Å². The topological polar surface area (TPSA) is 29.1 Å². The molecule has 1 atom stereocenters. The van der Waals surface area contributed by atoms with Gasteiger partial charge < -0.3 is 5.32 Å². The summed E-state index contributed by atoms with van der Waals surface area (Å²) < 4.78 is 26.3. The van der Waals surface area contributed by atoms with E-state index < -0.39 is 17.5 Å². The van der Waals surface area contributed by atoms with Crippen LogP contribution in [0.4, 0.5) is 14.5 Å². The normalized spacial score (nSPS) is 12.0. The lowest BCUT2D eigenvalue weighted by Crippen LogP contribution is -2.14. The quantitative estimate of drug-likeness (QED) is 0.866. The van der Waals surface area contributed by atoms with Crippen molar-refractivity contribution in [3.63, 3.8) is 0 Å². The predicted molar refractivity (Wildman–Crippen MR) is 79.5 cm³/mol. The highest BCUT2D eigenvalue weighted by Crippen LogP contribution is 2.27. The summed E-state index contributed by atoms with van der Waals surface area (Å²) in [6.45, 7) is 4.12. The van der Waals surface area contributed by atoms with Gasteiger partial charge in [0.1, 0.15) is 11.6 Å². The molecule has 21 heavy (non-hydrogen) atoms. The van der Waals surface area contributed by atoms with Crippen molar-refractivity contribution in [2.75, 3.05) is 5.32 Å². The molecule has 0 aliphatic carbocycles. The average molecular weight is 289 g/mol. The minimum absolute atomic E-state index is 0.0357. The van der Waals surface area contributed by atoms with E-state index in [9.17, 15) is 13.6 Å². The Morgan fingerprint density at radius 1 is 1.14 bits per heavy atom. The third-order valence-electron chi connectivity index (χ3n) is 3.48. The van der Waals surface area contributed by atoms with E-state index >= 15 is 0 Å². The number of anilines is 1. The van der Waals surface area contributed by atoms with E-state index in [1.165, 1.54) is 0 Å². The molecule has 2 aromatic rings. The standard InChI is InChI=1S/C17H17F2NO/c1-3-11(2)15-6-4-5-7-16(15)20-17(21)12-8-13(18)10-14(19)9-12/h4-11H,3H2,1-2H3,(H,20,21)/t11-/m1/s1. The summed E-state index contributed by atoms with van der Waals surface area (Å²) in [7, 11) is 0. The number of halogens is 2. The lowest BCUT2D eigenvalue weighted by atomic mass is 9.97. The molecule has 2 nitrogen and oxygen atoms in total. The van der Waals surface area contributed by atoms with Crippen molar-refractivity contribution in [2.45, 2.75) is 26.2 Å². The van der Waals surface area contributed by atoms with Crippen molar-refractivity contribution < 1.29 is 13.6 Å². The van der Waals surface area contributed by atoms with Gasteiger partial charge >= 0.3 is 0 Å². The minimum Gasteiger partial charge on any atom is -0.322 e. The molecule has 0 spiro atoms. The molecule has 0 saturated carbocycles. The van der Waals surface area contributed by atoms with Gasteiger partial charge in [-0.05, 0) is 36.1 Å². The van der Waals surface area contributed by atoms with Gasteiger partial charge in [0.05, 0.1) is 0 Å². The SMILES string of the molecule is CC[C@@H](C)c1ccccc1NC(=O)c1cc(F)cc(F)c1. The molecule has 0 radical (unpaired) electrons. The van der Waals surface area contributed by atoms with Crippen LogP contribution in [-0.4, -0.2) is 5.91 Å². The van der Waals surface area contributed by atoms with Crippen LogP contribution in [-0.2, 0) is 0 Å². The molecule has 0 fully saturated rings. The van der Waals surface area contributed by atoms with Gasteiger partial charge in [-0.15, -0.1) is 0 Å². The van der Waals surface area contributed by atoms with Gasteiger partial charge in [-0.3, -0.25) is 4.79 Å². The number of hydrogen-bond donors (Lipinski definition) is 1. The van der Waals surface area contributed by atoms with Gasteiger partial charge in [0.25, 0.3) is 5.91 Å². The van der Waals surface area contributed by atoms with Gasteiger partial charge in [-0.25, -0.2) is 8.78 Å². The Labute approximate surface area is 122 Å². The lowest BCUT2D eigenvalue weighted by Gasteiger charge is -2.15. The molecule has 0 unspecified atom stereocenters. The Morgan fingerprint density at radius 2 is 1.76 bits per heavy atom. The van der Waals surface area contributed by atoms with E-state index in [4.69, 9.17) is 0 Å². The summed E-state index contributed by atoms with van der Waals surface area (Å²) in [5.41, 5.74) is 1.64. The third kappa shape index (κ3) is 3.66. The number of para-hydroxylation sites is 1. The van der Waals surface area contributed by atoms with Crippen LogP contribution in [0.1, 0.15) is 42.1 Å². The largest absolute Gasteiger partial charge is 0.322 e. The Balaban J connectivity index is 2.27. The summed E-state index contributed by atoms with van der Waals surface area (Å²) in [6.07, 6.45) is 0.932. The molecule has 110 valence electrons. The van der Waals surface area contributed by atoms with Crippen molar-refractivity contribution in [2.24, 2.45) is 0 Å². The molecular formula is C17H17F2NO. The fourth-order valence-corrected chi connectivity index (χ4v) is 2.14. The van der Waals surface area contributed by atoms with E-state index in [0.29, 0.717) is 5.69 Å². The minimum atomic E-state index is -0.768. The van der Waals surface area contributed by atoms with E-state index in [-0.39, 0.29) is 11.5 Å². The molecule has 0 saturated heterocycles. The second-order valence-electron chi connectivity index (χ2n) is 5.01. The summed E-state index contributed by atoms with van der Waals surface area (Å²) in [5.74, 6) is -1.78. The molecule has 0 bridgehead atoms. The molecule has 0 aliphatic heterocycles. The molecule has 4 heteroatoms. The van der Waals surface area contributed by atoms with Crippen LogP contribution in [0, 0.1) is 11.6 Å². The number of benzene rings is 2. The summed E-state index contributed by atoms with van der Waals surface area (Å²) in [6, 6.07) is 10.2. The highest BCUT2D eigenvalue weighted by Gasteiger charge is 2.13. The van der Waals surface area contributed by atoms with Gasteiger partial charge in [0, 0.05) is 17.3 Å². The first-order valence-corrected chi connectivity index (χ1v) is 6.87. The maximum Gasteiger partial charge on any atom is 0.255 e. The first-order chi connectivity index (χ1) is 10.0. The van der Waals surface area contributed by atoms with Gasteiger partial charge in [0.15, 0.2) is 0 Å². The summed E-state index contributed by atoms with van der Waals surface area (Å²) in [5, 5.41) is 2.72. The van der Waals surface area contributed by atoms with Crippen LogP contribution in [0.3, 0.4) is 0 Å². The monoisotopic (exact) mass is 289 g/mol. The lowest BCUT2D eigenvalue weighted by molar-refractivity contribution is 0.102. The third-order valence-corrected chi connectivity index (χ3v) is 3.48. The van der Waals surface area contributed by atoms with Crippen molar-refractivity contribution in [3.8, 4) is 0 Å². The zero-order valence-electron chi connectivity index (χ0n) is 12.0. The second-order valence-corrected chi connectivity index (χ2v) is 5.01. The van der Waals surface area contributed by atoms with Gasteiger partial charge in [-0.1, -0.05) is 32.0 Å². The summed E-state index contributed by atoms with van der Waals surface area (Å²) in [4.78, 5) is 12.1. The van der Waals surface area contributed by atoms with Crippen molar-refractivity contribution in [3.05, 3.63) is 65.2 Å². The Hall–Kier alpha value is -2.23. The fourth-order valence-electron chi connectivity index (χ4n) is 2.14. The van der Waals surface area contributed by atoms with Crippen LogP contribution in [0.5, 0.6) is 0 Å². The highest BCUT2D eigenvalue weighted by atomic mass is 19.1.